The van der Waals surface area contributed by atoms with Gasteiger partial charge >= 0.3 is 0 Å². The first-order valence-electron chi connectivity index (χ1n) is 9.52. The monoisotopic (exact) mass is 366 g/mol. The number of nitrogens with zero attached hydrogens (tertiary/aromatic N) is 2. The second-order valence-corrected chi connectivity index (χ2v) is 8.35. The van der Waals surface area contributed by atoms with Crippen LogP contribution in [0.3, 0.4) is 0 Å². The quantitative estimate of drug-likeness (QED) is 0.802. The molecule has 1 aliphatic rings. The number of carbonyl (C=O) groups is 1. The molecule has 0 bridgehead atoms. The van der Waals surface area contributed by atoms with Gasteiger partial charge in [-0.1, -0.05) is 57.2 Å². The van der Waals surface area contributed by atoms with Crippen LogP contribution in [0.15, 0.2) is 48.5 Å². The molecule has 0 spiro atoms. The lowest BCUT2D eigenvalue weighted by atomic mass is 9.86. The summed E-state index contributed by atoms with van der Waals surface area (Å²) >= 11 is 0. The summed E-state index contributed by atoms with van der Waals surface area (Å²) in [6, 6.07) is 16.8. The lowest BCUT2D eigenvalue weighted by molar-refractivity contribution is -0.128. The fourth-order valence-electron chi connectivity index (χ4n) is 3.64. The second-order valence-electron chi connectivity index (χ2n) is 8.35. The Hall–Kier alpha value is -2.33. The van der Waals surface area contributed by atoms with Crippen LogP contribution in [0.4, 0.5) is 0 Å². The molecule has 0 aliphatic carbocycles. The van der Waals surface area contributed by atoms with Crippen LogP contribution in [0.25, 0.3) is 0 Å². The van der Waals surface area contributed by atoms with Gasteiger partial charge in [0.05, 0.1) is 13.7 Å². The van der Waals surface area contributed by atoms with Gasteiger partial charge in [-0.15, -0.1) is 0 Å². The number of ether oxygens (including phenoxy) is 1. The van der Waals surface area contributed by atoms with Crippen LogP contribution < -0.4 is 4.74 Å². The summed E-state index contributed by atoms with van der Waals surface area (Å²) in [5, 5.41) is 0. The number of hydrogen-bond acceptors (Lipinski definition) is 3. The van der Waals surface area contributed by atoms with E-state index in [9.17, 15) is 4.79 Å². The first-order chi connectivity index (χ1) is 12.8. The molecule has 1 amide bonds. The first kappa shape index (κ1) is 19.4. The van der Waals surface area contributed by atoms with Gasteiger partial charge in [0.15, 0.2) is 0 Å². The number of methoxy groups -OCH3 is 1. The Balaban J connectivity index is 1.75. The molecule has 0 N–H and O–H groups in total. The van der Waals surface area contributed by atoms with Gasteiger partial charge in [0.1, 0.15) is 11.9 Å². The van der Waals surface area contributed by atoms with Gasteiger partial charge in [0.25, 0.3) is 0 Å². The summed E-state index contributed by atoms with van der Waals surface area (Å²) in [5.74, 6) is 1.04. The molecular formula is C23H30N2O2. The van der Waals surface area contributed by atoms with Crippen LogP contribution in [0.1, 0.15) is 43.6 Å². The maximum absolute atomic E-state index is 12.6. The van der Waals surface area contributed by atoms with E-state index in [1.165, 1.54) is 16.7 Å². The highest BCUT2D eigenvalue weighted by Crippen LogP contribution is 2.31. The molecule has 0 unspecified atom stereocenters. The number of rotatable bonds is 5. The largest absolute Gasteiger partial charge is 0.497 e. The fourth-order valence-corrected chi connectivity index (χ4v) is 3.64. The Labute approximate surface area is 162 Å². The van der Waals surface area contributed by atoms with E-state index in [2.05, 4.69) is 62.1 Å². The predicted octanol–water partition coefficient (Wildman–Crippen LogP) is 4.01. The van der Waals surface area contributed by atoms with Crippen LogP contribution in [0.2, 0.25) is 0 Å². The molecule has 1 saturated heterocycles. The Morgan fingerprint density at radius 1 is 1.04 bits per heavy atom. The molecule has 3 rings (SSSR count). The van der Waals surface area contributed by atoms with Crippen LogP contribution >= 0.6 is 0 Å². The van der Waals surface area contributed by atoms with Gasteiger partial charge in [-0.05, 0) is 47.7 Å². The lowest BCUT2D eigenvalue weighted by Gasteiger charge is -2.29. The highest BCUT2D eigenvalue weighted by molar-refractivity contribution is 5.81. The number of likely N-dealkylation sites (N-methyl/N-ethyl adjacent to an activating group) is 1. The molecule has 4 nitrogen and oxygen atoms in total. The minimum absolute atomic E-state index is 0.00441. The Morgan fingerprint density at radius 3 is 2.22 bits per heavy atom. The van der Waals surface area contributed by atoms with E-state index in [4.69, 9.17) is 4.74 Å². The smallest absolute Gasteiger partial charge is 0.238 e. The highest BCUT2D eigenvalue weighted by Gasteiger charge is 2.36. The van der Waals surface area contributed by atoms with Crippen molar-refractivity contribution in [2.24, 2.45) is 0 Å². The standard InChI is InChI=1S/C23H30N2O2/c1-23(2,3)19-10-8-18(9-11-19)22-24(4)16-21(26)25(22)15-14-17-6-12-20(27-5)13-7-17/h6-13,22H,14-16H2,1-5H3/t22-/m0/s1. The highest BCUT2D eigenvalue weighted by atomic mass is 16.5. The zero-order chi connectivity index (χ0) is 19.6. The van der Waals surface area contributed by atoms with Gasteiger partial charge < -0.3 is 9.64 Å². The molecule has 4 heteroatoms. The molecule has 0 saturated carbocycles. The van der Waals surface area contributed by atoms with Crippen molar-refractivity contribution in [2.75, 3.05) is 27.2 Å². The Bertz CT molecular complexity index is 776. The summed E-state index contributed by atoms with van der Waals surface area (Å²) in [6.45, 7) is 7.83. The normalized spacial score (nSPS) is 18.2. The predicted molar refractivity (Wildman–Crippen MR) is 109 cm³/mol. The van der Waals surface area contributed by atoms with Crippen molar-refractivity contribution >= 4 is 5.91 Å². The molecule has 1 fully saturated rings. The molecule has 2 aromatic rings. The summed E-state index contributed by atoms with van der Waals surface area (Å²) in [5.41, 5.74) is 3.82. The van der Waals surface area contributed by atoms with E-state index in [-0.39, 0.29) is 17.5 Å². The van der Waals surface area contributed by atoms with Crippen LogP contribution in [0, 0.1) is 0 Å². The Morgan fingerprint density at radius 2 is 1.67 bits per heavy atom. The fraction of sp³-hybridized carbons (Fsp3) is 0.435. The topological polar surface area (TPSA) is 32.8 Å². The Kier molecular flexibility index (Phi) is 5.56. The molecule has 2 aromatic carbocycles. The van der Waals surface area contributed by atoms with Crippen molar-refractivity contribution in [3.63, 3.8) is 0 Å². The zero-order valence-electron chi connectivity index (χ0n) is 17.0. The lowest BCUT2D eigenvalue weighted by Crippen LogP contribution is -2.32. The van der Waals surface area contributed by atoms with E-state index < -0.39 is 0 Å². The van der Waals surface area contributed by atoms with E-state index in [1.807, 2.05) is 24.1 Å². The number of hydrogen-bond donors (Lipinski definition) is 0. The molecule has 144 valence electrons. The third kappa shape index (κ3) is 4.33. The van der Waals surface area contributed by atoms with E-state index >= 15 is 0 Å². The van der Waals surface area contributed by atoms with E-state index in [1.54, 1.807) is 7.11 Å². The number of amides is 1. The molecule has 0 aromatic heterocycles. The van der Waals surface area contributed by atoms with Crippen LogP contribution in [-0.2, 0) is 16.6 Å². The van der Waals surface area contributed by atoms with Crippen molar-refractivity contribution in [1.82, 2.24) is 9.80 Å². The maximum atomic E-state index is 12.6. The molecule has 27 heavy (non-hydrogen) atoms. The summed E-state index contributed by atoms with van der Waals surface area (Å²) in [6.07, 6.45) is 0.838. The summed E-state index contributed by atoms with van der Waals surface area (Å²) in [7, 11) is 3.69. The third-order valence-electron chi connectivity index (χ3n) is 5.29. The van der Waals surface area contributed by atoms with Gasteiger partial charge in [-0.2, -0.15) is 0 Å². The van der Waals surface area contributed by atoms with Crippen molar-refractivity contribution in [3.8, 4) is 5.75 Å². The van der Waals surface area contributed by atoms with Gasteiger partial charge in [-0.3, -0.25) is 9.69 Å². The number of benzene rings is 2. The van der Waals surface area contributed by atoms with Crippen molar-refractivity contribution in [2.45, 2.75) is 38.8 Å². The third-order valence-corrected chi connectivity index (χ3v) is 5.29. The summed E-state index contributed by atoms with van der Waals surface area (Å²) < 4.78 is 5.22. The van der Waals surface area contributed by atoms with Gasteiger partial charge in [-0.25, -0.2) is 0 Å². The average Bonchev–Trinajstić information content (AvgIpc) is 2.93. The second kappa shape index (κ2) is 7.73. The molecule has 0 radical (unpaired) electrons. The minimum atomic E-state index is 0.00441. The van der Waals surface area contributed by atoms with E-state index in [0.29, 0.717) is 13.1 Å². The zero-order valence-corrected chi connectivity index (χ0v) is 17.0. The van der Waals surface area contributed by atoms with Crippen molar-refractivity contribution in [3.05, 3.63) is 65.2 Å². The molecule has 1 aliphatic heterocycles. The molecule has 1 heterocycles. The van der Waals surface area contributed by atoms with Crippen LogP contribution in [0.5, 0.6) is 5.75 Å². The van der Waals surface area contributed by atoms with Gasteiger partial charge in [0.2, 0.25) is 5.91 Å². The van der Waals surface area contributed by atoms with Crippen molar-refractivity contribution in [1.29, 1.82) is 0 Å². The molecule has 1 atom stereocenters. The molecular weight excluding hydrogens is 336 g/mol. The first-order valence-corrected chi connectivity index (χ1v) is 9.52. The average molecular weight is 367 g/mol. The van der Waals surface area contributed by atoms with E-state index in [0.717, 1.165) is 12.2 Å². The maximum Gasteiger partial charge on any atom is 0.238 e. The van der Waals surface area contributed by atoms with Crippen LogP contribution in [-0.4, -0.2) is 43.0 Å². The van der Waals surface area contributed by atoms with Crippen molar-refractivity contribution < 1.29 is 9.53 Å². The van der Waals surface area contributed by atoms with Gasteiger partial charge in [0, 0.05) is 6.54 Å². The number of carbonyl (C=O) groups excluding carboxylic acids is 1. The minimum Gasteiger partial charge on any atom is -0.497 e. The summed E-state index contributed by atoms with van der Waals surface area (Å²) in [4.78, 5) is 16.7. The SMILES string of the molecule is COc1ccc(CCN2C(=O)CN(C)[C@@H]2c2ccc(C(C)(C)C)cc2)cc1.